The van der Waals surface area contributed by atoms with E-state index < -0.39 is 0 Å². The van der Waals surface area contributed by atoms with Gasteiger partial charge in [-0.25, -0.2) is 4.98 Å². The molecule has 0 fully saturated rings. The highest BCUT2D eigenvalue weighted by Crippen LogP contribution is 2.33. The number of thiazole rings is 1. The second-order valence-electron chi connectivity index (χ2n) is 4.62. The number of benzene rings is 1. The van der Waals surface area contributed by atoms with Gasteiger partial charge in [0.05, 0.1) is 11.4 Å². The molecule has 2 amide bonds. The Morgan fingerprint density at radius 1 is 1.33 bits per heavy atom. The first-order valence-electron chi connectivity index (χ1n) is 6.36. The number of para-hydroxylation sites is 2. The molecule has 0 saturated heterocycles. The van der Waals surface area contributed by atoms with Gasteiger partial charge in [-0.05, 0) is 12.1 Å². The van der Waals surface area contributed by atoms with Crippen LogP contribution in [0.5, 0.6) is 0 Å². The summed E-state index contributed by atoms with van der Waals surface area (Å²) in [5.74, 6) is -0.252. The zero-order chi connectivity index (χ0) is 15.0. The summed E-state index contributed by atoms with van der Waals surface area (Å²) in [5.41, 5.74) is 1.43. The Morgan fingerprint density at radius 3 is 2.71 bits per heavy atom. The second-order valence-corrected chi connectivity index (χ2v) is 5.87. The molecular formula is C14H12ClN3O2S. The minimum Gasteiger partial charge on any atom is -0.313 e. The van der Waals surface area contributed by atoms with E-state index in [1.807, 2.05) is 24.3 Å². The van der Waals surface area contributed by atoms with E-state index in [-0.39, 0.29) is 18.2 Å². The number of hydrogen-bond donors (Lipinski definition) is 0. The molecular weight excluding hydrogens is 310 g/mol. The lowest BCUT2D eigenvalue weighted by atomic mass is 10.2. The third-order valence-electron chi connectivity index (χ3n) is 3.36. The van der Waals surface area contributed by atoms with Gasteiger partial charge in [0, 0.05) is 25.4 Å². The topological polar surface area (TPSA) is 53.5 Å². The minimum atomic E-state index is -0.234. The molecule has 108 valence electrons. The molecule has 7 heteroatoms. The van der Waals surface area contributed by atoms with Crippen LogP contribution in [0.4, 0.5) is 11.4 Å². The van der Waals surface area contributed by atoms with Gasteiger partial charge in [0.25, 0.3) is 5.91 Å². The Morgan fingerprint density at radius 2 is 2.05 bits per heavy atom. The predicted molar refractivity (Wildman–Crippen MR) is 83.3 cm³/mol. The lowest BCUT2D eigenvalue weighted by Gasteiger charge is -2.22. The number of carbonyl (C=O) groups is 2. The number of fused-ring (bicyclic) bond motifs is 1. The fourth-order valence-corrected chi connectivity index (χ4v) is 3.18. The summed E-state index contributed by atoms with van der Waals surface area (Å²) in [6.07, 6.45) is 0.274. The molecule has 0 unspecified atom stereocenters. The fraction of sp³-hybridized carbons (Fsp3) is 0.214. The van der Waals surface area contributed by atoms with E-state index in [9.17, 15) is 9.59 Å². The van der Waals surface area contributed by atoms with Crippen molar-refractivity contribution in [3.8, 4) is 0 Å². The van der Waals surface area contributed by atoms with Crippen LogP contribution >= 0.6 is 22.9 Å². The highest BCUT2D eigenvalue weighted by atomic mass is 35.5. The molecule has 0 atom stereocenters. The van der Waals surface area contributed by atoms with Gasteiger partial charge < -0.3 is 9.80 Å². The molecule has 1 aliphatic rings. The van der Waals surface area contributed by atoms with Crippen molar-refractivity contribution in [2.24, 2.45) is 0 Å². The predicted octanol–water partition coefficient (Wildman–Crippen LogP) is 2.81. The molecule has 0 N–H and O–H groups in total. The largest absolute Gasteiger partial charge is 0.313 e. The van der Waals surface area contributed by atoms with Crippen LogP contribution in [0.3, 0.4) is 0 Å². The maximum Gasteiger partial charge on any atom is 0.287 e. The molecule has 2 heterocycles. The van der Waals surface area contributed by atoms with Gasteiger partial charge in [0.2, 0.25) is 5.91 Å². The van der Waals surface area contributed by atoms with Crippen molar-refractivity contribution in [2.45, 2.75) is 6.42 Å². The Hall–Kier alpha value is -1.92. The van der Waals surface area contributed by atoms with Crippen LogP contribution in [0.2, 0.25) is 5.15 Å². The maximum absolute atomic E-state index is 12.6. The van der Waals surface area contributed by atoms with Gasteiger partial charge in [0.1, 0.15) is 5.15 Å². The summed E-state index contributed by atoms with van der Waals surface area (Å²) in [5, 5.41) is 2.25. The van der Waals surface area contributed by atoms with Crippen LogP contribution < -0.4 is 9.80 Å². The van der Waals surface area contributed by atoms with Crippen LogP contribution in [0.1, 0.15) is 16.2 Å². The Kier molecular flexibility index (Phi) is 3.65. The molecule has 1 aliphatic heterocycles. The van der Waals surface area contributed by atoms with E-state index >= 15 is 0 Å². The summed E-state index contributed by atoms with van der Waals surface area (Å²) in [4.78, 5) is 31.9. The second kappa shape index (κ2) is 5.46. The number of aromatic nitrogens is 1. The monoisotopic (exact) mass is 321 g/mol. The van der Waals surface area contributed by atoms with Crippen molar-refractivity contribution in [3.05, 3.63) is 39.8 Å². The lowest BCUT2D eigenvalue weighted by molar-refractivity contribution is -0.118. The Bertz CT molecular complexity index is 716. The van der Waals surface area contributed by atoms with Crippen LogP contribution in [0.25, 0.3) is 0 Å². The highest BCUT2D eigenvalue weighted by molar-refractivity contribution is 7.12. The zero-order valence-corrected chi connectivity index (χ0v) is 12.8. The molecule has 5 nitrogen and oxygen atoms in total. The average molecular weight is 322 g/mol. The molecule has 2 aromatic rings. The van der Waals surface area contributed by atoms with Crippen molar-refractivity contribution in [1.82, 2.24) is 4.98 Å². The van der Waals surface area contributed by atoms with Gasteiger partial charge in [-0.3, -0.25) is 9.59 Å². The third-order valence-corrected chi connectivity index (χ3v) is 4.51. The molecule has 0 bridgehead atoms. The Balaban J connectivity index is 2.04. The zero-order valence-electron chi connectivity index (χ0n) is 11.2. The number of carbonyl (C=O) groups excluding carboxylic acids is 2. The number of nitrogens with zero attached hydrogens (tertiary/aromatic N) is 3. The summed E-state index contributed by atoms with van der Waals surface area (Å²) in [6, 6.07) is 7.35. The fourth-order valence-electron chi connectivity index (χ4n) is 2.28. The van der Waals surface area contributed by atoms with Crippen LogP contribution in [-0.4, -0.2) is 30.4 Å². The number of rotatable bonds is 1. The molecule has 1 aromatic carbocycles. The van der Waals surface area contributed by atoms with E-state index in [0.29, 0.717) is 22.4 Å². The number of amides is 2. The SMILES string of the molecule is CN1C(=O)CCN(C(=O)c2nc(Cl)cs2)c2ccccc21. The van der Waals surface area contributed by atoms with Crippen molar-refractivity contribution in [1.29, 1.82) is 0 Å². The first-order chi connectivity index (χ1) is 10.1. The van der Waals surface area contributed by atoms with Crippen molar-refractivity contribution < 1.29 is 9.59 Å². The summed E-state index contributed by atoms with van der Waals surface area (Å²) in [6.45, 7) is 0.330. The molecule has 1 aromatic heterocycles. The summed E-state index contributed by atoms with van der Waals surface area (Å²) >= 11 is 6.99. The quantitative estimate of drug-likeness (QED) is 0.811. The van der Waals surface area contributed by atoms with Gasteiger partial charge in [0.15, 0.2) is 5.01 Å². The standard InChI is InChI=1S/C14H12ClN3O2S/c1-17-9-4-2-3-5-10(9)18(7-6-12(17)19)14(20)13-16-11(15)8-21-13/h2-5,8H,6-7H2,1H3. The smallest absolute Gasteiger partial charge is 0.287 e. The van der Waals surface area contributed by atoms with Gasteiger partial charge in [-0.2, -0.15) is 0 Å². The van der Waals surface area contributed by atoms with Gasteiger partial charge >= 0.3 is 0 Å². The third kappa shape index (κ3) is 2.52. The van der Waals surface area contributed by atoms with Crippen molar-refractivity contribution in [3.63, 3.8) is 0 Å². The molecule has 3 rings (SSSR count). The minimum absolute atomic E-state index is 0.0186. The van der Waals surface area contributed by atoms with E-state index in [4.69, 9.17) is 11.6 Å². The first-order valence-corrected chi connectivity index (χ1v) is 7.62. The molecule has 0 saturated carbocycles. The number of halogens is 1. The van der Waals surface area contributed by atoms with Crippen molar-refractivity contribution in [2.75, 3.05) is 23.4 Å². The van der Waals surface area contributed by atoms with Gasteiger partial charge in [-0.15, -0.1) is 11.3 Å². The average Bonchev–Trinajstić information content (AvgIpc) is 2.88. The maximum atomic E-state index is 12.6. The van der Waals surface area contributed by atoms with E-state index in [2.05, 4.69) is 4.98 Å². The lowest BCUT2D eigenvalue weighted by Crippen LogP contribution is -2.31. The number of anilines is 2. The molecule has 0 spiro atoms. The summed E-state index contributed by atoms with van der Waals surface area (Å²) < 4.78 is 0. The summed E-state index contributed by atoms with van der Waals surface area (Å²) in [7, 11) is 1.72. The molecule has 21 heavy (non-hydrogen) atoms. The van der Waals surface area contributed by atoms with E-state index in [0.717, 1.165) is 5.69 Å². The van der Waals surface area contributed by atoms with E-state index in [1.165, 1.54) is 11.3 Å². The van der Waals surface area contributed by atoms with Crippen LogP contribution in [-0.2, 0) is 4.79 Å². The van der Waals surface area contributed by atoms with Crippen LogP contribution in [0.15, 0.2) is 29.6 Å². The van der Waals surface area contributed by atoms with Crippen LogP contribution in [0, 0.1) is 0 Å². The molecule has 0 radical (unpaired) electrons. The highest BCUT2D eigenvalue weighted by Gasteiger charge is 2.28. The van der Waals surface area contributed by atoms with Crippen molar-refractivity contribution >= 4 is 46.1 Å². The number of hydrogen-bond acceptors (Lipinski definition) is 4. The normalized spacial score (nSPS) is 14.9. The van der Waals surface area contributed by atoms with Gasteiger partial charge in [-0.1, -0.05) is 23.7 Å². The molecule has 0 aliphatic carbocycles. The first kappa shape index (κ1) is 14.0. The Labute approximate surface area is 130 Å². The van der Waals surface area contributed by atoms with E-state index in [1.54, 1.807) is 22.2 Å².